The Kier molecular flexibility index (Phi) is 4.18. The number of ether oxygens (including phenoxy) is 1. The Morgan fingerprint density at radius 1 is 1.38 bits per heavy atom. The second kappa shape index (κ2) is 5.64. The first kappa shape index (κ1) is 11.9. The van der Waals surface area contributed by atoms with Crippen LogP contribution in [0.1, 0.15) is 32.6 Å². The molecule has 2 aliphatic heterocycles. The molecule has 16 heavy (non-hydrogen) atoms. The number of fused-ring (bicyclic) bond motifs is 2. The summed E-state index contributed by atoms with van der Waals surface area (Å²) in [4.78, 5) is 14.1. The van der Waals surface area contributed by atoms with Gasteiger partial charge in [-0.3, -0.25) is 4.79 Å². The Balaban J connectivity index is 1.89. The fourth-order valence-electron chi connectivity index (χ4n) is 2.77. The van der Waals surface area contributed by atoms with Crippen LogP contribution >= 0.6 is 0 Å². The molecule has 2 atom stereocenters. The van der Waals surface area contributed by atoms with Gasteiger partial charge in [-0.1, -0.05) is 6.92 Å². The van der Waals surface area contributed by atoms with E-state index in [2.05, 4.69) is 17.1 Å². The number of nitrogens with zero attached hydrogens (tertiary/aromatic N) is 1. The van der Waals surface area contributed by atoms with Crippen molar-refractivity contribution < 1.29 is 9.53 Å². The number of carbonyl (C=O) groups excluding carboxylic acids is 1. The van der Waals surface area contributed by atoms with E-state index in [1.165, 1.54) is 6.42 Å². The predicted molar refractivity (Wildman–Crippen MR) is 62.3 cm³/mol. The Labute approximate surface area is 97.3 Å². The maximum Gasteiger partial charge on any atom is 0.249 e. The molecule has 4 nitrogen and oxygen atoms in total. The van der Waals surface area contributed by atoms with Crippen LogP contribution in [0.5, 0.6) is 0 Å². The van der Waals surface area contributed by atoms with E-state index in [9.17, 15) is 4.79 Å². The van der Waals surface area contributed by atoms with E-state index in [4.69, 9.17) is 4.74 Å². The molecule has 2 unspecified atom stereocenters. The molecule has 2 heterocycles. The van der Waals surface area contributed by atoms with Crippen LogP contribution in [0.25, 0.3) is 0 Å². The Hall–Kier alpha value is -0.610. The van der Waals surface area contributed by atoms with E-state index in [1.807, 2.05) is 0 Å². The van der Waals surface area contributed by atoms with E-state index in [0.717, 1.165) is 32.4 Å². The quantitative estimate of drug-likeness (QED) is 0.720. The van der Waals surface area contributed by atoms with Gasteiger partial charge in [0.2, 0.25) is 5.91 Å². The normalized spacial score (nSPS) is 29.2. The molecule has 2 bridgehead atoms. The largest absolute Gasteiger partial charge is 0.372 e. The van der Waals surface area contributed by atoms with Crippen LogP contribution < -0.4 is 5.32 Å². The maximum absolute atomic E-state index is 12.1. The molecule has 0 radical (unpaired) electrons. The number of amides is 1. The van der Waals surface area contributed by atoms with Crippen LogP contribution in [0.3, 0.4) is 0 Å². The minimum absolute atomic E-state index is 0.185. The van der Waals surface area contributed by atoms with Crippen molar-refractivity contribution >= 4 is 5.91 Å². The monoisotopic (exact) mass is 226 g/mol. The average Bonchev–Trinajstić information content (AvgIpc) is 2.52. The van der Waals surface area contributed by atoms with Crippen LogP contribution in [-0.4, -0.2) is 49.2 Å². The lowest BCUT2D eigenvalue weighted by Crippen LogP contribution is -2.44. The number of hydrogen-bond acceptors (Lipinski definition) is 3. The predicted octanol–water partition coefficient (Wildman–Crippen LogP) is 0.766. The molecule has 0 aromatic rings. The summed E-state index contributed by atoms with van der Waals surface area (Å²) in [5.41, 5.74) is 0. The molecule has 1 amide bonds. The summed E-state index contributed by atoms with van der Waals surface area (Å²) in [6, 6.07) is 0.864. The van der Waals surface area contributed by atoms with Gasteiger partial charge < -0.3 is 15.0 Å². The zero-order valence-corrected chi connectivity index (χ0v) is 10.1. The van der Waals surface area contributed by atoms with E-state index >= 15 is 0 Å². The van der Waals surface area contributed by atoms with Crippen molar-refractivity contribution in [1.82, 2.24) is 10.2 Å². The highest BCUT2D eigenvalue weighted by Crippen LogP contribution is 2.27. The lowest BCUT2D eigenvalue weighted by Gasteiger charge is -2.27. The van der Waals surface area contributed by atoms with Gasteiger partial charge >= 0.3 is 0 Å². The molecule has 4 heteroatoms. The van der Waals surface area contributed by atoms with Crippen LogP contribution in [0.4, 0.5) is 0 Å². The van der Waals surface area contributed by atoms with Crippen LogP contribution in [0, 0.1) is 0 Å². The Morgan fingerprint density at radius 2 is 2.19 bits per heavy atom. The van der Waals surface area contributed by atoms with Crippen molar-refractivity contribution in [2.24, 2.45) is 0 Å². The Morgan fingerprint density at radius 3 is 3.00 bits per heavy atom. The second-order valence-electron chi connectivity index (χ2n) is 4.73. The molecule has 2 rings (SSSR count). The number of nitrogens with one attached hydrogen (secondary N) is 1. The van der Waals surface area contributed by atoms with Crippen molar-refractivity contribution in [3.05, 3.63) is 0 Å². The standard InChI is InChI=1S/C12H22N2O2/c1-2-7-16-9-12(15)14-10-3-4-11(14)8-13-6-5-10/h10-11,13H,2-9H2,1H3. The highest BCUT2D eigenvalue weighted by atomic mass is 16.5. The summed E-state index contributed by atoms with van der Waals surface area (Å²) >= 11 is 0. The van der Waals surface area contributed by atoms with Gasteiger partial charge in [-0.2, -0.15) is 0 Å². The molecule has 2 fully saturated rings. The van der Waals surface area contributed by atoms with Gasteiger partial charge in [0.25, 0.3) is 0 Å². The highest BCUT2D eigenvalue weighted by molar-refractivity contribution is 5.78. The second-order valence-corrected chi connectivity index (χ2v) is 4.73. The van der Waals surface area contributed by atoms with Crippen LogP contribution in [-0.2, 0) is 9.53 Å². The van der Waals surface area contributed by atoms with E-state index in [0.29, 0.717) is 18.7 Å². The summed E-state index contributed by atoms with van der Waals surface area (Å²) in [5, 5.41) is 3.40. The lowest BCUT2D eigenvalue weighted by atomic mass is 10.1. The molecule has 2 saturated heterocycles. The summed E-state index contributed by atoms with van der Waals surface area (Å²) in [6.45, 7) is 5.01. The molecular weight excluding hydrogens is 204 g/mol. The van der Waals surface area contributed by atoms with Crippen LogP contribution in [0.2, 0.25) is 0 Å². The molecule has 1 N–H and O–H groups in total. The van der Waals surface area contributed by atoms with Gasteiger partial charge in [-0.05, 0) is 32.2 Å². The topological polar surface area (TPSA) is 41.6 Å². The average molecular weight is 226 g/mol. The fraction of sp³-hybridized carbons (Fsp3) is 0.917. The maximum atomic E-state index is 12.1. The molecular formula is C12H22N2O2. The lowest BCUT2D eigenvalue weighted by molar-refractivity contribution is -0.138. The third-order valence-corrected chi connectivity index (χ3v) is 3.52. The summed E-state index contributed by atoms with van der Waals surface area (Å²) in [6.07, 6.45) is 4.39. The number of hydrogen-bond donors (Lipinski definition) is 1. The first-order valence-electron chi connectivity index (χ1n) is 6.42. The zero-order valence-electron chi connectivity index (χ0n) is 10.1. The van der Waals surface area contributed by atoms with Crippen molar-refractivity contribution in [3.8, 4) is 0 Å². The van der Waals surface area contributed by atoms with E-state index < -0.39 is 0 Å². The first-order chi connectivity index (χ1) is 7.83. The van der Waals surface area contributed by atoms with Gasteiger partial charge in [-0.25, -0.2) is 0 Å². The molecule has 0 aromatic carbocycles. The van der Waals surface area contributed by atoms with E-state index in [-0.39, 0.29) is 12.5 Å². The van der Waals surface area contributed by atoms with Crippen molar-refractivity contribution in [1.29, 1.82) is 0 Å². The molecule has 0 aromatic heterocycles. The summed E-state index contributed by atoms with van der Waals surface area (Å²) < 4.78 is 5.35. The highest BCUT2D eigenvalue weighted by Gasteiger charge is 2.37. The smallest absolute Gasteiger partial charge is 0.249 e. The summed E-state index contributed by atoms with van der Waals surface area (Å²) in [7, 11) is 0. The molecule has 92 valence electrons. The Bertz CT molecular complexity index is 231. The van der Waals surface area contributed by atoms with Gasteiger partial charge in [-0.15, -0.1) is 0 Å². The van der Waals surface area contributed by atoms with Gasteiger partial charge in [0.15, 0.2) is 0 Å². The third-order valence-electron chi connectivity index (χ3n) is 3.52. The van der Waals surface area contributed by atoms with Crippen molar-refractivity contribution in [2.45, 2.75) is 44.7 Å². The van der Waals surface area contributed by atoms with E-state index in [1.54, 1.807) is 0 Å². The molecule has 0 aliphatic carbocycles. The van der Waals surface area contributed by atoms with Gasteiger partial charge in [0.05, 0.1) is 0 Å². The third kappa shape index (κ3) is 2.55. The van der Waals surface area contributed by atoms with Gasteiger partial charge in [0.1, 0.15) is 6.61 Å². The zero-order chi connectivity index (χ0) is 11.4. The summed E-state index contributed by atoms with van der Waals surface area (Å²) in [5.74, 6) is 0.185. The SMILES string of the molecule is CCCOCC(=O)N1C2CCNCC1CC2. The first-order valence-corrected chi connectivity index (χ1v) is 6.42. The molecule has 2 aliphatic rings. The van der Waals surface area contributed by atoms with Crippen LogP contribution in [0.15, 0.2) is 0 Å². The molecule has 0 spiro atoms. The minimum Gasteiger partial charge on any atom is -0.372 e. The van der Waals surface area contributed by atoms with Crippen molar-refractivity contribution in [3.63, 3.8) is 0 Å². The number of rotatable bonds is 4. The molecule has 0 saturated carbocycles. The fourth-order valence-corrected chi connectivity index (χ4v) is 2.77. The van der Waals surface area contributed by atoms with Gasteiger partial charge in [0, 0.05) is 25.2 Å². The minimum atomic E-state index is 0.185. The number of carbonyl (C=O) groups is 1. The van der Waals surface area contributed by atoms with Crippen molar-refractivity contribution in [2.75, 3.05) is 26.3 Å².